The van der Waals surface area contributed by atoms with Gasteiger partial charge in [-0.2, -0.15) is 0 Å². The Balaban J connectivity index is 2.16. The number of ketones is 1. The summed E-state index contributed by atoms with van der Waals surface area (Å²) in [6, 6.07) is 10.3. The largest absolute Gasteiger partial charge is 0.508 e. The second kappa shape index (κ2) is 5.19. The van der Waals surface area contributed by atoms with Crippen molar-refractivity contribution in [1.82, 2.24) is 0 Å². The molecule has 92 valence electrons. The summed E-state index contributed by atoms with van der Waals surface area (Å²) in [6.07, 6.45) is 0.183. The minimum absolute atomic E-state index is 0.0634. The van der Waals surface area contributed by atoms with Crippen molar-refractivity contribution in [3.8, 4) is 5.75 Å². The van der Waals surface area contributed by atoms with Crippen molar-refractivity contribution in [2.24, 2.45) is 0 Å². The van der Waals surface area contributed by atoms with Gasteiger partial charge in [0, 0.05) is 12.0 Å². The van der Waals surface area contributed by atoms with E-state index in [1.807, 2.05) is 0 Å². The number of Topliss-reactive ketones (excluding diaryl/α,β-unsaturated/α-hetero) is 1. The number of halogens is 2. The number of carbonyl (C=O) groups is 1. The highest BCUT2D eigenvalue weighted by Crippen LogP contribution is 2.18. The highest BCUT2D eigenvalue weighted by atomic mass is 35.5. The van der Waals surface area contributed by atoms with Gasteiger partial charge in [-0.05, 0) is 35.9 Å². The lowest BCUT2D eigenvalue weighted by atomic mass is 10.0. The van der Waals surface area contributed by atoms with E-state index in [1.165, 1.54) is 30.3 Å². The van der Waals surface area contributed by atoms with Crippen LogP contribution in [0.4, 0.5) is 4.39 Å². The van der Waals surface area contributed by atoms with Crippen LogP contribution in [-0.2, 0) is 6.42 Å². The van der Waals surface area contributed by atoms with Gasteiger partial charge in [0.25, 0.3) is 0 Å². The normalized spacial score (nSPS) is 10.3. The summed E-state index contributed by atoms with van der Waals surface area (Å²) in [5.74, 6) is -0.545. The van der Waals surface area contributed by atoms with Crippen molar-refractivity contribution in [2.75, 3.05) is 0 Å². The fourth-order valence-electron chi connectivity index (χ4n) is 1.57. The van der Waals surface area contributed by atoms with Gasteiger partial charge in [0.05, 0.1) is 5.02 Å². The van der Waals surface area contributed by atoms with E-state index >= 15 is 0 Å². The van der Waals surface area contributed by atoms with Crippen molar-refractivity contribution in [3.05, 3.63) is 64.4 Å². The highest BCUT2D eigenvalue weighted by Gasteiger charge is 2.09. The Labute approximate surface area is 109 Å². The number of aromatic hydroxyl groups is 1. The lowest BCUT2D eigenvalue weighted by molar-refractivity contribution is 0.0993. The summed E-state index contributed by atoms with van der Waals surface area (Å²) < 4.78 is 13.0. The van der Waals surface area contributed by atoms with E-state index in [4.69, 9.17) is 16.7 Å². The van der Waals surface area contributed by atoms with Crippen LogP contribution in [0.15, 0.2) is 42.5 Å². The molecule has 0 aliphatic heterocycles. The molecule has 0 bridgehead atoms. The molecule has 2 aromatic rings. The summed E-state index contributed by atoms with van der Waals surface area (Å²) in [5, 5.41) is 9.07. The molecule has 2 aromatic carbocycles. The average molecular weight is 265 g/mol. The fraction of sp³-hybridized carbons (Fsp3) is 0.0714. The molecular formula is C14H10ClFO2. The minimum atomic E-state index is -0.544. The molecule has 0 spiro atoms. The second-order valence-corrected chi connectivity index (χ2v) is 4.30. The average Bonchev–Trinajstić information content (AvgIpc) is 2.35. The predicted molar refractivity (Wildman–Crippen MR) is 67.6 cm³/mol. The van der Waals surface area contributed by atoms with Crippen molar-refractivity contribution < 1.29 is 14.3 Å². The number of hydrogen-bond acceptors (Lipinski definition) is 2. The molecule has 0 radical (unpaired) electrons. The Hall–Kier alpha value is -1.87. The van der Waals surface area contributed by atoms with Crippen LogP contribution in [0.3, 0.4) is 0 Å². The van der Waals surface area contributed by atoms with Gasteiger partial charge in [-0.1, -0.05) is 23.7 Å². The van der Waals surface area contributed by atoms with Crippen molar-refractivity contribution in [1.29, 1.82) is 0 Å². The standard InChI is InChI=1S/C14H10ClFO2/c15-12-8-10(3-6-13(12)16)14(18)7-9-1-4-11(17)5-2-9/h1-6,8,17H,7H2. The molecule has 0 fully saturated rings. The van der Waals surface area contributed by atoms with Crippen LogP contribution in [0.1, 0.15) is 15.9 Å². The smallest absolute Gasteiger partial charge is 0.167 e. The van der Waals surface area contributed by atoms with Crippen molar-refractivity contribution in [2.45, 2.75) is 6.42 Å². The monoisotopic (exact) mass is 264 g/mol. The molecule has 2 nitrogen and oxygen atoms in total. The molecule has 0 aliphatic rings. The Bertz CT molecular complexity index is 579. The molecule has 0 unspecified atom stereocenters. The maximum Gasteiger partial charge on any atom is 0.167 e. The van der Waals surface area contributed by atoms with E-state index in [9.17, 15) is 9.18 Å². The zero-order valence-corrected chi connectivity index (χ0v) is 10.1. The Morgan fingerprint density at radius 2 is 1.83 bits per heavy atom. The lowest BCUT2D eigenvalue weighted by Gasteiger charge is -2.03. The first-order valence-corrected chi connectivity index (χ1v) is 5.70. The number of hydrogen-bond donors (Lipinski definition) is 1. The third kappa shape index (κ3) is 2.87. The zero-order valence-electron chi connectivity index (χ0n) is 9.36. The van der Waals surface area contributed by atoms with Gasteiger partial charge in [0.2, 0.25) is 0 Å². The summed E-state index contributed by atoms with van der Waals surface area (Å²) in [7, 11) is 0. The van der Waals surface area contributed by atoms with Gasteiger partial charge >= 0.3 is 0 Å². The topological polar surface area (TPSA) is 37.3 Å². The van der Waals surface area contributed by atoms with Gasteiger partial charge in [0.1, 0.15) is 11.6 Å². The highest BCUT2D eigenvalue weighted by molar-refractivity contribution is 6.31. The van der Waals surface area contributed by atoms with Crippen LogP contribution in [0.2, 0.25) is 5.02 Å². The van der Waals surface area contributed by atoms with Crippen LogP contribution in [-0.4, -0.2) is 10.9 Å². The first kappa shape index (κ1) is 12.6. The Morgan fingerprint density at radius 3 is 2.44 bits per heavy atom. The molecule has 0 atom stereocenters. The molecule has 0 heterocycles. The predicted octanol–water partition coefficient (Wildman–Crippen LogP) is 3.61. The molecule has 0 amide bonds. The molecule has 0 aliphatic carbocycles. The summed E-state index contributed by atoms with van der Waals surface area (Å²) >= 11 is 5.62. The van der Waals surface area contributed by atoms with Gasteiger partial charge < -0.3 is 5.11 Å². The summed E-state index contributed by atoms with van der Waals surface area (Å²) in [6.45, 7) is 0. The van der Waals surface area contributed by atoms with Gasteiger partial charge in [0.15, 0.2) is 5.78 Å². The minimum Gasteiger partial charge on any atom is -0.508 e. The number of phenols is 1. The maximum absolute atomic E-state index is 13.0. The first-order valence-electron chi connectivity index (χ1n) is 5.32. The molecule has 2 rings (SSSR count). The number of rotatable bonds is 3. The molecule has 1 N–H and O–H groups in total. The number of carbonyl (C=O) groups excluding carboxylic acids is 1. The number of benzene rings is 2. The van der Waals surface area contributed by atoms with Crippen molar-refractivity contribution >= 4 is 17.4 Å². The number of phenolic OH excluding ortho intramolecular Hbond substituents is 1. The molecule has 0 saturated carbocycles. The third-order valence-electron chi connectivity index (χ3n) is 2.54. The maximum atomic E-state index is 13.0. The van der Waals surface area contributed by atoms with Crippen LogP contribution < -0.4 is 0 Å². The molecule has 0 aromatic heterocycles. The van der Waals surface area contributed by atoms with E-state index in [2.05, 4.69) is 0 Å². The lowest BCUT2D eigenvalue weighted by Crippen LogP contribution is -2.03. The molecular weight excluding hydrogens is 255 g/mol. The van der Waals surface area contributed by atoms with E-state index in [0.717, 1.165) is 5.56 Å². The quantitative estimate of drug-likeness (QED) is 0.860. The van der Waals surface area contributed by atoms with Crippen LogP contribution >= 0.6 is 11.6 Å². The Kier molecular flexibility index (Phi) is 3.63. The zero-order chi connectivity index (χ0) is 13.1. The summed E-state index contributed by atoms with van der Waals surface area (Å²) in [4.78, 5) is 11.9. The van der Waals surface area contributed by atoms with Crippen LogP contribution in [0, 0.1) is 5.82 Å². The first-order chi connectivity index (χ1) is 8.56. The SMILES string of the molecule is O=C(Cc1ccc(O)cc1)c1ccc(F)c(Cl)c1. The second-order valence-electron chi connectivity index (χ2n) is 3.90. The van der Waals surface area contributed by atoms with E-state index < -0.39 is 5.82 Å². The van der Waals surface area contributed by atoms with E-state index in [1.54, 1.807) is 12.1 Å². The van der Waals surface area contributed by atoms with Crippen molar-refractivity contribution in [3.63, 3.8) is 0 Å². The van der Waals surface area contributed by atoms with Gasteiger partial charge in [-0.25, -0.2) is 4.39 Å². The molecule has 4 heteroatoms. The van der Waals surface area contributed by atoms with E-state index in [0.29, 0.717) is 5.56 Å². The van der Waals surface area contributed by atoms with Gasteiger partial charge in [-0.3, -0.25) is 4.79 Å². The Morgan fingerprint density at radius 1 is 1.17 bits per heavy atom. The van der Waals surface area contributed by atoms with Crippen LogP contribution in [0.5, 0.6) is 5.75 Å². The third-order valence-corrected chi connectivity index (χ3v) is 2.83. The summed E-state index contributed by atoms with van der Waals surface area (Å²) in [5.41, 5.74) is 1.15. The van der Waals surface area contributed by atoms with Crippen LogP contribution in [0.25, 0.3) is 0 Å². The van der Waals surface area contributed by atoms with Gasteiger partial charge in [-0.15, -0.1) is 0 Å². The molecule has 18 heavy (non-hydrogen) atoms. The van der Waals surface area contributed by atoms with E-state index in [-0.39, 0.29) is 23.0 Å². The fourth-order valence-corrected chi connectivity index (χ4v) is 1.75. The molecule has 0 saturated heterocycles.